The molecule has 0 bridgehead atoms. The fourth-order valence-corrected chi connectivity index (χ4v) is 4.45. The van der Waals surface area contributed by atoms with Crippen LogP contribution >= 0.6 is 11.3 Å². The summed E-state index contributed by atoms with van der Waals surface area (Å²) in [6.45, 7) is 3.57. The normalized spacial score (nSPS) is 11.7. The van der Waals surface area contributed by atoms with Gasteiger partial charge in [0.15, 0.2) is 17.2 Å². The number of aryl methyl sites for hydroxylation is 3. The fraction of sp³-hybridized carbons (Fsp3) is 0.167. The summed E-state index contributed by atoms with van der Waals surface area (Å²) in [6, 6.07) is 5.30. The lowest BCUT2D eigenvalue weighted by molar-refractivity contribution is 0.439. The van der Waals surface area contributed by atoms with Crippen LogP contribution in [-0.4, -0.2) is 28.2 Å². The molecule has 0 unspecified atom stereocenters. The molecule has 0 amide bonds. The second-order valence-corrected chi connectivity index (χ2v) is 8.86. The second-order valence-electron chi connectivity index (χ2n) is 6.36. The van der Waals surface area contributed by atoms with Crippen LogP contribution in [0.3, 0.4) is 0 Å². The van der Waals surface area contributed by atoms with E-state index in [0.717, 1.165) is 11.8 Å². The van der Waals surface area contributed by atoms with Gasteiger partial charge in [-0.1, -0.05) is 11.3 Å². The SMILES string of the molecule is Cc1csc(Oc2ccc(NS(=O)(=O)c3cnc4c(c3)c(C)nn4C)cc2F)n1. The minimum Gasteiger partial charge on any atom is -0.428 e. The number of ether oxygens (including phenoxy) is 1. The van der Waals surface area contributed by atoms with E-state index in [1.807, 2.05) is 0 Å². The van der Waals surface area contributed by atoms with E-state index in [1.165, 1.54) is 35.7 Å². The molecule has 0 aliphatic heterocycles. The summed E-state index contributed by atoms with van der Waals surface area (Å²) >= 11 is 1.24. The Balaban J connectivity index is 1.59. The molecule has 1 aromatic carbocycles. The Morgan fingerprint density at radius 1 is 1.24 bits per heavy atom. The molecule has 0 saturated heterocycles. The highest BCUT2D eigenvalue weighted by molar-refractivity contribution is 7.92. The number of sulfonamides is 1. The Morgan fingerprint density at radius 3 is 2.72 bits per heavy atom. The highest BCUT2D eigenvalue weighted by atomic mass is 32.2. The van der Waals surface area contributed by atoms with E-state index in [-0.39, 0.29) is 16.3 Å². The average molecular weight is 433 g/mol. The number of nitrogens with zero attached hydrogens (tertiary/aromatic N) is 4. The first-order chi connectivity index (χ1) is 13.7. The number of aromatic nitrogens is 4. The molecule has 3 aromatic heterocycles. The van der Waals surface area contributed by atoms with Crippen molar-refractivity contribution in [2.45, 2.75) is 18.7 Å². The third-order valence-electron chi connectivity index (χ3n) is 4.13. The van der Waals surface area contributed by atoms with Crippen LogP contribution in [0.4, 0.5) is 10.1 Å². The molecule has 8 nitrogen and oxygen atoms in total. The van der Waals surface area contributed by atoms with Crippen LogP contribution in [-0.2, 0) is 17.1 Å². The van der Waals surface area contributed by atoms with Gasteiger partial charge in [-0.05, 0) is 32.0 Å². The number of pyridine rings is 1. The molecule has 150 valence electrons. The lowest BCUT2D eigenvalue weighted by Crippen LogP contribution is -2.13. The van der Waals surface area contributed by atoms with Gasteiger partial charge in [-0.3, -0.25) is 9.40 Å². The molecule has 29 heavy (non-hydrogen) atoms. The Hall–Kier alpha value is -3.05. The Morgan fingerprint density at radius 2 is 2.03 bits per heavy atom. The Labute approximate surface area is 170 Å². The first-order valence-electron chi connectivity index (χ1n) is 8.44. The maximum atomic E-state index is 14.4. The number of halogens is 1. The van der Waals surface area contributed by atoms with Crippen molar-refractivity contribution in [1.29, 1.82) is 0 Å². The first kappa shape index (κ1) is 19.3. The number of benzene rings is 1. The van der Waals surface area contributed by atoms with Gasteiger partial charge in [-0.25, -0.2) is 22.8 Å². The molecule has 4 rings (SSSR count). The van der Waals surface area contributed by atoms with Crippen molar-refractivity contribution < 1.29 is 17.5 Å². The number of hydrogen-bond acceptors (Lipinski definition) is 7. The molecule has 4 aromatic rings. The highest BCUT2D eigenvalue weighted by Crippen LogP contribution is 2.29. The minimum atomic E-state index is -3.96. The van der Waals surface area contributed by atoms with Crippen LogP contribution in [0.5, 0.6) is 10.9 Å². The largest absolute Gasteiger partial charge is 0.428 e. The van der Waals surface area contributed by atoms with Crippen LogP contribution < -0.4 is 9.46 Å². The van der Waals surface area contributed by atoms with Gasteiger partial charge < -0.3 is 4.74 Å². The van der Waals surface area contributed by atoms with E-state index >= 15 is 0 Å². The second kappa shape index (κ2) is 7.08. The van der Waals surface area contributed by atoms with Crippen molar-refractivity contribution in [2.75, 3.05) is 4.72 Å². The standard InChI is InChI=1S/C18H16FN5O3S2/c1-10-9-28-18(21-10)27-16-5-4-12(6-15(16)19)23-29(25,26)13-7-14-11(2)22-24(3)17(14)20-8-13/h4-9,23H,1-3H3. The van der Waals surface area contributed by atoms with Crippen LogP contribution in [0, 0.1) is 19.7 Å². The third-order valence-corrected chi connectivity index (χ3v) is 6.31. The molecule has 3 heterocycles. The predicted octanol–water partition coefficient (Wildman–Crippen LogP) is 3.77. The summed E-state index contributed by atoms with van der Waals surface area (Å²) in [4.78, 5) is 8.24. The van der Waals surface area contributed by atoms with Crippen molar-refractivity contribution in [2.24, 2.45) is 7.05 Å². The number of rotatable bonds is 5. The minimum absolute atomic E-state index is 0.0416. The summed E-state index contributed by atoms with van der Waals surface area (Å²) in [5.74, 6) is -0.758. The van der Waals surface area contributed by atoms with Crippen molar-refractivity contribution in [3.63, 3.8) is 0 Å². The monoisotopic (exact) mass is 433 g/mol. The lowest BCUT2D eigenvalue weighted by Gasteiger charge is -2.10. The fourth-order valence-electron chi connectivity index (χ4n) is 2.77. The zero-order valence-electron chi connectivity index (χ0n) is 15.7. The van der Waals surface area contributed by atoms with E-state index in [9.17, 15) is 12.8 Å². The van der Waals surface area contributed by atoms with E-state index in [1.54, 1.807) is 31.0 Å². The summed E-state index contributed by atoms with van der Waals surface area (Å²) in [5, 5.41) is 6.94. The van der Waals surface area contributed by atoms with Gasteiger partial charge in [0.2, 0.25) is 0 Å². The lowest BCUT2D eigenvalue weighted by atomic mass is 10.3. The number of nitrogens with one attached hydrogen (secondary N) is 1. The molecule has 1 N–H and O–H groups in total. The maximum absolute atomic E-state index is 14.4. The van der Waals surface area contributed by atoms with Gasteiger partial charge in [0, 0.05) is 30.1 Å². The molecule has 0 spiro atoms. The number of thiazole rings is 1. The average Bonchev–Trinajstić information content (AvgIpc) is 3.19. The van der Waals surface area contributed by atoms with Gasteiger partial charge in [0.1, 0.15) is 4.90 Å². The van der Waals surface area contributed by atoms with E-state index in [0.29, 0.717) is 21.9 Å². The quantitative estimate of drug-likeness (QED) is 0.514. The van der Waals surface area contributed by atoms with Crippen molar-refractivity contribution in [3.05, 3.63) is 53.0 Å². The van der Waals surface area contributed by atoms with Gasteiger partial charge in [0.25, 0.3) is 15.2 Å². The number of anilines is 1. The summed E-state index contributed by atoms with van der Waals surface area (Å²) < 4.78 is 49.1. The smallest absolute Gasteiger partial charge is 0.278 e. The molecular formula is C18H16FN5O3S2. The Kier molecular flexibility index (Phi) is 4.71. The summed E-state index contributed by atoms with van der Waals surface area (Å²) in [5.41, 5.74) is 2.07. The van der Waals surface area contributed by atoms with Crippen molar-refractivity contribution >= 4 is 38.1 Å². The highest BCUT2D eigenvalue weighted by Gasteiger charge is 2.19. The van der Waals surface area contributed by atoms with Gasteiger partial charge in [0.05, 0.1) is 17.1 Å². The zero-order chi connectivity index (χ0) is 20.8. The molecule has 0 aliphatic carbocycles. The molecule has 0 aliphatic rings. The number of fused-ring (bicyclic) bond motifs is 1. The predicted molar refractivity (Wildman–Crippen MR) is 107 cm³/mol. The van der Waals surface area contributed by atoms with Crippen LogP contribution in [0.1, 0.15) is 11.4 Å². The molecule has 11 heteroatoms. The molecule has 0 saturated carbocycles. The molecule has 0 radical (unpaired) electrons. The van der Waals surface area contributed by atoms with Crippen LogP contribution in [0.2, 0.25) is 0 Å². The van der Waals surface area contributed by atoms with E-state index in [4.69, 9.17) is 4.74 Å². The van der Waals surface area contributed by atoms with Gasteiger partial charge >= 0.3 is 0 Å². The van der Waals surface area contributed by atoms with E-state index in [2.05, 4.69) is 19.8 Å². The summed E-state index contributed by atoms with van der Waals surface area (Å²) in [6.07, 6.45) is 1.24. The zero-order valence-corrected chi connectivity index (χ0v) is 17.3. The van der Waals surface area contributed by atoms with Crippen molar-refractivity contribution in [1.82, 2.24) is 19.7 Å². The first-order valence-corrected chi connectivity index (χ1v) is 10.8. The molecule has 0 atom stereocenters. The molecule has 0 fully saturated rings. The van der Waals surface area contributed by atoms with Crippen LogP contribution in [0.15, 0.2) is 40.7 Å². The van der Waals surface area contributed by atoms with Crippen molar-refractivity contribution in [3.8, 4) is 10.9 Å². The van der Waals surface area contributed by atoms with E-state index < -0.39 is 15.8 Å². The number of hydrogen-bond donors (Lipinski definition) is 1. The third kappa shape index (κ3) is 3.78. The topological polar surface area (TPSA) is 99.0 Å². The Bertz CT molecular complexity index is 1330. The molecular weight excluding hydrogens is 417 g/mol. The maximum Gasteiger partial charge on any atom is 0.278 e. The van der Waals surface area contributed by atoms with Gasteiger partial charge in [-0.2, -0.15) is 5.10 Å². The van der Waals surface area contributed by atoms with Gasteiger partial charge in [-0.15, -0.1) is 0 Å². The summed E-state index contributed by atoms with van der Waals surface area (Å²) in [7, 11) is -2.23. The van der Waals surface area contributed by atoms with Crippen LogP contribution in [0.25, 0.3) is 11.0 Å².